The summed E-state index contributed by atoms with van der Waals surface area (Å²) in [5.74, 6) is 0. The summed E-state index contributed by atoms with van der Waals surface area (Å²) in [5.41, 5.74) is -4.59. The molecule has 0 aromatic carbocycles. The quantitative estimate of drug-likeness (QED) is 0.485. The van der Waals surface area contributed by atoms with Gasteiger partial charge >= 0.3 is 11.7 Å². The first-order chi connectivity index (χ1) is 4.81. The Balaban J connectivity index is 4.00. The van der Waals surface area contributed by atoms with Gasteiger partial charge in [-0.25, -0.2) is 0 Å². The van der Waals surface area contributed by atoms with Gasteiger partial charge in [0.25, 0.3) is 9.76 Å². The minimum atomic E-state index is -5.45. The van der Waals surface area contributed by atoms with Gasteiger partial charge in [-0.1, -0.05) is 0 Å². The average molecular weight is 194 g/mol. The average Bonchev–Trinajstić information content (AvgIpc) is 1.81. The van der Waals surface area contributed by atoms with Crippen LogP contribution in [0.5, 0.6) is 0 Å². The molecule has 0 aliphatic rings. The van der Waals surface area contributed by atoms with Crippen molar-refractivity contribution in [3.05, 3.63) is 0 Å². The van der Waals surface area contributed by atoms with Crippen molar-refractivity contribution in [2.45, 2.75) is 18.6 Å². The lowest BCUT2D eigenvalue weighted by Crippen LogP contribution is -2.43. The van der Waals surface area contributed by atoms with Crippen LogP contribution in [0.3, 0.4) is 0 Å². The summed E-state index contributed by atoms with van der Waals surface area (Å²) < 4.78 is 62.0. The molecule has 11 heavy (non-hydrogen) atoms. The highest BCUT2D eigenvalue weighted by molar-refractivity contribution is 6.31. The molecule has 0 saturated heterocycles. The van der Waals surface area contributed by atoms with Crippen molar-refractivity contribution in [3.8, 4) is 0 Å². The van der Waals surface area contributed by atoms with Gasteiger partial charge in [0.2, 0.25) is 0 Å². The van der Waals surface area contributed by atoms with Crippen LogP contribution in [0, 0.1) is 0 Å². The summed E-state index contributed by atoms with van der Waals surface area (Å²) >= 11 is 0. The van der Waals surface area contributed by atoms with Crippen LogP contribution < -0.4 is 0 Å². The van der Waals surface area contributed by atoms with E-state index in [2.05, 4.69) is 4.43 Å². The van der Waals surface area contributed by atoms with Gasteiger partial charge in [0.1, 0.15) is 0 Å². The van der Waals surface area contributed by atoms with Crippen LogP contribution in [0.15, 0.2) is 0 Å². The summed E-state index contributed by atoms with van der Waals surface area (Å²) in [6, 6.07) is 0. The first-order valence-corrected chi connectivity index (χ1v) is 4.12. The van der Waals surface area contributed by atoms with Crippen LogP contribution in [0.1, 0.15) is 6.92 Å². The Labute approximate surface area is 62.5 Å². The molecule has 0 aromatic rings. The zero-order chi connectivity index (χ0) is 9.12. The molecule has 0 aliphatic heterocycles. The van der Waals surface area contributed by atoms with Gasteiger partial charge in [-0.2, -0.15) is 22.0 Å². The molecular weight excluding hydrogens is 187 g/mol. The smallest absolute Gasteiger partial charge is 0.417 e. The van der Waals surface area contributed by atoms with Crippen molar-refractivity contribution in [1.82, 2.24) is 0 Å². The number of halogens is 5. The molecule has 1 nitrogen and oxygen atoms in total. The maximum Gasteiger partial charge on any atom is 0.451 e. The van der Waals surface area contributed by atoms with Crippen LogP contribution >= 0.6 is 0 Å². The predicted octanol–water partition coefficient (Wildman–Crippen LogP) is 1.26. The minimum Gasteiger partial charge on any atom is -0.417 e. The Morgan fingerprint density at radius 2 is 1.64 bits per heavy atom. The van der Waals surface area contributed by atoms with Gasteiger partial charge in [0.15, 0.2) is 0 Å². The monoisotopic (exact) mass is 194 g/mol. The van der Waals surface area contributed by atoms with Gasteiger partial charge in [0, 0.05) is 6.61 Å². The molecule has 0 bridgehead atoms. The summed E-state index contributed by atoms with van der Waals surface area (Å²) in [7, 11) is -2.82. The molecule has 7 heteroatoms. The molecular formula is C4H7F5OSi. The van der Waals surface area contributed by atoms with Gasteiger partial charge in [0.05, 0.1) is 0 Å². The van der Waals surface area contributed by atoms with Crippen LogP contribution in [-0.4, -0.2) is 28.1 Å². The lowest BCUT2D eigenvalue weighted by Gasteiger charge is -2.18. The molecule has 0 atom stereocenters. The summed E-state index contributed by atoms with van der Waals surface area (Å²) in [4.78, 5) is 0. The van der Waals surface area contributed by atoms with Crippen molar-refractivity contribution in [2.24, 2.45) is 0 Å². The Hall–Kier alpha value is -0.173. The molecule has 68 valence electrons. The zero-order valence-corrected chi connectivity index (χ0v) is 7.13. The third-order valence-electron chi connectivity index (χ3n) is 0.902. The fourth-order valence-electron chi connectivity index (χ4n) is 0.312. The van der Waals surface area contributed by atoms with E-state index in [0.29, 0.717) is 0 Å². The predicted molar refractivity (Wildman–Crippen MR) is 31.2 cm³/mol. The van der Waals surface area contributed by atoms with E-state index in [1.165, 1.54) is 6.92 Å². The second-order valence-electron chi connectivity index (χ2n) is 1.84. The molecule has 0 N–H and O–H groups in total. The van der Waals surface area contributed by atoms with Crippen molar-refractivity contribution < 1.29 is 26.4 Å². The number of alkyl halides is 5. The lowest BCUT2D eigenvalue weighted by atomic mass is 10.7. The zero-order valence-electron chi connectivity index (χ0n) is 5.71. The largest absolute Gasteiger partial charge is 0.451 e. The van der Waals surface area contributed by atoms with Gasteiger partial charge in [-0.3, -0.25) is 0 Å². The normalized spacial score (nSPS) is 14.7. The third-order valence-corrected chi connectivity index (χ3v) is 2.28. The van der Waals surface area contributed by atoms with Crippen molar-refractivity contribution in [1.29, 1.82) is 0 Å². The van der Waals surface area contributed by atoms with E-state index in [-0.39, 0.29) is 6.61 Å². The summed E-state index contributed by atoms with van der Waals surface area (Å²) in [6.07, 6.45) is -5.45. The van der Waals surface area contributed by atoms with Gasteiger partial charge in [-0.05, 0) is 6.92 Å². The van der Waals surface area contributed by atoms with Crippen LogP contribution in [0.4, 0.5) is 22.0 Å². The second kappa shape index (κ2) is 3.48. The molecule has 0 heterocycles. The second-order valence-corrected chi connectivity index (χ2v) is 3.42. The van der Waals surface area contributed by atoms with E-state index in [1.807, 2.05) is 0 Å². The van der Waals surface area contributed by atoms with E-state index in [0.717, 1.165) is 0 Å². The summed E-state index contributed by atoms with van der Waals surface area (Å²) in [5, 5.41) is 0. The highest BCUT2D eigenvalue weighted by Gasteiger charge is 2.57. The van der Waals surface area contributed by atoms with Crippen LogP contribution in [-0.2, 0) is 4.43 Å². The Morgan fingerprint density at radius 1 is 1.18 bits per heavy atom. The minimum absolute atomic E-state index is 0.0993. The SMILES string of the molecule is CCO[SiH2]C(F)(F)C(F)(F)F. The van der Waals surface area contributed by atoms with Crippen molar-refractivity contribution in [3.63, 3.8) is 0 Å². The molecule has 0 unspecified atom stereocenters. The van der Waals surface area contributed by atoms with Crippen molar-refractivity contribution >= 4 is 9.76 Å². The molecule has 0 fully saturated rings. The maximum absolute atomic E-state index is 11.9. The Kier molecular flexibility index (Phi) is 3.43. The van der Waals surface area contributed by atoms with Gasteiger partial charge in [-0.15, -0.1) is 0 Å². The Bertz CT molecular complexity index is 122. The van der Waals surface area contributed by atoms with E-state index in [4.69, 9.17) is 0 Å². The van der Waals surface area contributed by atoms with E-state index >= 15 is 0 Å². The number of rotatable bonds is 3. The van der Waals surface area contributed by atoms with Crippen LogP contribution in [0.2, 0.25) is 0 Å². The fraction of sp³-hybridized carbons (Fsp3) is 1.00. The summed E-state index contributed by atoms with van der Waals surface area (Å²) in [6.45, 7) is 1.28. The maximum atomic E-state index is 11.9. The van der Waals surface area contributed by atoms with Crippen molar-refractivity contribution in [2.75, 3.05) is 6.61 Å². The van der Waals surface area contributed by atoms with Crippen LogP contribution in [0.25, 0.3) is 0 Å². The Morgan fingerprint density at radius 3 is 1.91 bits per heavy atom. The van der Waals surface area contributed by atoms with Gasteiger partial charge < -0.3 is 4.43 Å². The molecule has 0 aliphatic carbocycles. The topological polar surface area (TPSA) is 9.23 Å². The van der Waals surface area contributed by atoms with E-state index in [1.54, 1.807) is 0 Å². The molecule has 0 amide bonds. The first-order valence-electron chi connectivity index (χ1n) is 2.83. The lowest BCUT2D eigenvalue weighted by molar-refractivity contribution is -0.247. The van der Waals surface area contributed by atoms with E-state index < -0.39 is 21.5 Å². The molecule has 0 aromatic heterocycles. The number of hydrogen-bond acceptors (Lipinski definition) is 1. The molecule has 0 radical (unpaired) electrons. The first kappa shape index (κ1) is 10.8. The highest BCUT2D eigenvalue weighted by Crippen LogP contribution is 2.34. The molecule has 0 rings (SSSR count). The standard InChI is InChI=1S/C4H7F5OSi/c1-2-10-11-4(8,9)3(5,6)7/h2,11H2,1H3. The molecule has 0 spiro atoms. The fourth-order valence-corrected chi connectivity index (χ4v) is 0.936. The third kappa shape index (κ3) is 3.15. The molecule has 0 saturated carbocycles. The highest BCUT2D eigenvalue weighted by atomic mass is 28.2. The number of hydrogen-bond donors (Lipinski definition) is 0. The van der Waals surface area contributed by atoms with E-state index in [9.17, 15) is 22.0 Å².